The standard InChI is InChI=1S/C28H31N5O3/c1-18(20-7-8-20)32(16-19-5-3-2-4-6-19)24(34)17-33-26(35)28(31-27(33)36)12-11-21-15-22(9-10-23(21)28)25-29-13-14-30-25/h2-6,9-10,15,18,20H,7-8,11-14,16-17H2,1H3,(H,29,30)(H,31,36). The number of carbonyl (C=O) groups excluding carboxylic acids is 3. The molecule has 1 saturated carbocycles. The van der Waals surface area contributed by atoms with E-state index in [4.69, 9.17) is 0 Å². The van der Waals surface area contributed by atoms with E-state index in [2.05, 4.69) is 28.6 Å². The highest BCUT2D eigenvalue weighted by Gasteiger charge is 2.56. The molecule has 2 fully saturated rings. The number of amides is 4. The van der Waals surface area contributed by atoms with Gasteiger partial charge in [-0.05, 0) is 61.3 Å². The van der Waals surface area contributed by atoms with Gasteiger partial charge in [0.2, 0.25) is 5.91 Å². The molecule has 186 valence electrons. The van der Waals surface area contributed by atoms with Gasteiger partial charge in [-0.3, -0.25) is 19.5 Å². The van der Waals surface area contributed by atoms with Crippen molar-refractivity contribution < 1.29 is 14.4 Å². The fourth-order valence-corrected chi connectivity index (χ4v) is 5.83. The Morgan fingerprint density at radius 2 is 2.00 bits per heavy atom. The average Bonchev–Trinajstić information content (AvgIpc) is 3.39. The molecular formula is C28H31N5O3. The Morgan fingerprint density at radius 3 is 2.72 bits per heavy atom. The van der Waals surface area contributed by atoms with Gasteiger partial charge in [-0.25, -0.2) is 4.79 Å². The predicted octanol–water partition coefficient (Wildman–Crippen LogP) is 2.56. The minimum absolute atomic E-state index is 0.0603. The minimum atomic E-state index is -1.09. The van der Waals surface area contributed by atoms with Crippen LogP contribution in [0, 0.1) is 5.92 Å². The summed E-state index contributed by atoms with van der Waals surface area (Å²) in [7, 11) is 0. The van der Waals surface area contributed by atoms with Crippen molar-refractivity contribution in [2.45, 2.75) is 50.7 Å². The van der Waals surface area contributed by atoms with Gasteiger partial charge in [-0.15, -0.1) is 0 Å². The third-order valence-corrected chi connectivity index (χ3v) is 8.06. The highest BCUT2D eigenvalue weighted by Crippen LogP contribution is 2.42. The number of aliphatic imine (C=N–C) groups is 1. The van der Waals surface area contributed by atoms with Crippen molar-refractivity contribution in [2.75, 3.05) is 19.6 Å². The van der Waals surface area contributed by atoms with Gasteiger partial charge in [-0.1, -0.05) is 42.5 Å². The molecular weight excluding hydrogens is 454 g/mol. The lowest BCUT2D eigenvalue weighted by molar-refractivity contribution is -0.141. The molecule has 8 heteroatoms. The van der Waals surface area contributed by atoms with E-state index in [0.717, 1.165) is 58.9 Å². The first-order valence-corrected chi connectivity index (χ1v) is 12.9. The van der Waals surface area contributed by atoms with Gasteiger partial charge in [0, 0.05) is 24.7 Å². The van der Waals surface area contributed by atoms with Crippen molar-refractivity contribution in [3.8, 4) is 0 Å². The Kier molecular flexibility index (Phi) is 5.54. The molecule has 4 amide bonds. The smallest absolute Gasteiger partial charge is 0.325 e. The molecule has 0 aromatic heterocycles. The molecule has 2 atom stereocenters. The molecule has 1 saturated heterocycles. The van der Waals surface area contributed by atoms with Crippen molar-refractivity contribution in [1.82, 2.24) is 20.4 Å². The minimum Gasteiger partial charge on any atom is -0.368 e. The summed E-state index contributed by atoms with van der Waals surface area (Å²) in [5.41, 5.74) is 2.80. The monoisotopic (exact) mass is 485 g/mol. The summed E-state index contributed by atoms with van der Waals surface area (Å²) in [6.45, 7) is 3.88. The number of hydrogen-bond acceptors (Lipinski definition) is 5. The van der Waals surface area contributed by atoms with Crippen molar-refractivity contribution in [1.29, 1.82) is 0 Å². The van der Waals surface area contributed by atoms with Crippen molar-refractivity contribution in [3.05, 3.63) is 70.8 Å². The fraction of sp³-hybridized carbons (Fsp3) is 0.429. The summed E-state index contributed by atoms with van der Waals surface area (Å²) in [5.74, 6) is 0.818. The molecule has 2 unspecified atom stereocenters. The van der Waals surface area contributed by atoms with E-state index in [9.17, 15) is 14.4 Å². The van der Waals surface area contributed by atoms with E-state index in [-0.39, 0.29) is 24.4 Å². The Balaban J connectivity index is 1.22. The SMILES string of the molecule is CC(C1CC1)N(Cc1ccccc1)C(=O)CN1C(=O)NC2(CCc3cc(C4=NCCN4)ccc32)C1=O. The number of carbonyl (C=O) groups is 3. The Labute approximate surface area is 210 Å². The number of aryl methyl sites for hydroxylation is 1. The zero-order valence-electron chi connectivity index (χ0n) is 20.5. The number of amidine groups is 1. The van der Waals surface area contributed by atoms with E-state index >= 15 is 0 Å². The molecule has 36 heavy (non-hydrogen) atoms. The van der Waals surface area contributed by atoms with Crippen LogP contribution in [0.4, 0.5) is 4.79 Å². The van der Waals surface area contributed by atoms with Crippen LogP contribution in [0.3, 0.4) is 0 Å². The quantitative estimate of drug-likeness (QED) is 0.590. The van der Waals surface area contributed by atoms with Gasteiger partial charge in [0.1, 0.15) is 17.9 Å². The second-order valence-electron chi connectivity index (χ2n) is 10.3. The first-order chi connectivity index (χ1) is 17.5. The van der Waals surface area contributed by atoms with Crippen LogP contribution in [0.2, 0.25) is 0 Å². The summed E-state index contributed by atoms with van der Waals surface area (Å²) in [6.07, 6.45) is 3.38. The van der Waals surface area contributed by atoms with Crippen LogP contribution in [0.15, 0.2) is 53.5 Å². The summed E-state index contributed by atoms with van der Waals surface area (Å²) < 4.78 is 0. The van der Waals surface area contributed by atoms with Crippen LogP contribution < -0.4 is 10.6 Å². The second kappa shape index (κ2) is 8.76. The lowest BCUT2D eigenvalue weighted by atomic mass is 9.91. The molecule has 8 nitrogen and oxygen atoms in total. The molecule has 2 aromatic rings. The molecule has 2 aliphatic heterocycles. The van der Waals surface area contributed by atoms with E-state index in [1.165, 1.54) is 0 Å². The molecule has 2 heterocycles. The number of benzene rings is 2. The van der Waals surface area contributed by atoms with Crippen molar-refractivity contribution in [3.63, 3.8) is 0 Å². The first kappa shape index (κ1) is 22.8. The molecule has 2 aromatic carbocycles. The van der Waals surface area contributed by atoms with Crippen LogP contribution in [-0.4, -0.2) is 59.2 Å². The zero-order valence-corrected chi connectivity index (χ0v) is 20.5. The first-order valence-electron chi connectivity index (χ1n) is 12.9. The van der Waals surface area contributed by atoms with E-state index < -0.39 is 11.6 Å². The Bertz CT molecular complexity index is 1260. The Morgan fingerprint density at radius 1 is 1.19 bits per heavy atom. The predicted molar refractivity (Wildman–Crippen MR) is 135 cm³/mol. The number of imide groups is 1. The van der Waals surface area contributed by atoms with Crippen LogP contribution >= 0.6 is 0 Å². The molecule has 1 spiro atoms. The molecule has 0 bridgehead atoms. The molecule has 2 N–H and O–H groups in total. The number of hydrogen-bond donors (Lipinski definition) is 2. The van der Waals surface area contributed by atoms with Crippen LogP contribution in [0.1, 0.15) is 48.4 Å². The molecule has 2 aliphatic carbocycles. The van der Waals surface area contributed by atoms with E-state index in [1.54, 1.807) is 0 Å². The normalized spacial score (nSPS) is 23.4. The second-order valence-corrected chi connectivity index (χ2v) is 10.3. The zero-order chi connectivity index (χ0) is 24.9. The topological polar surface area (TPSA) is 94.1 Å². The van der Waals surface area contributed by atoms with Crippen LogP contribution in [0.25, 0.3) is 0 Å². The average molecular weight is 486 g/mol. The summed E-state index contributed by atoms with van der Waals surface area (Å²) in [5, 5.41) is 6.24. The van der Waals surface area contributed by atoms with E-state index in [0.29, 0.717) is 25.3 Å². The van der Waals surface area contributed by atoms with E-state index in [1.807, 2.05) is 47.4 Å². The molecule has 0 radical (unpaired) electrons. The lowest BCUT2D eigenvalue weighted by Crippen LogP contribution is -2.47. The number of rotatable bonds is 7. The number of urea groups is 1. The van der Waals surface area contributed by atoms with Gasteiger partial charge >= 0.3 is 6.03 Å². The van der Waals surface area contributed by atoms with Gasteiger partial charge in [0.15, 0.2) is 0 Å². The maximum atomic E-state index is 13.7. The fourth-order valence-electron chi connectivity index (χ4n) is 5.83. The van der Waals surface area contributed by atoms with Crippen LogP contribution in [0.5, 0.6) is 0 Å². The summed E-state index contributed by atoms with van der Waals surface area (Å²) in [6, 6.07) is 15.4. The Hall–Kier alpha value is -3.68. The van der Waals surface area contributed by atoms with Gasteiger partial charge in [0.05, 0.1) is 6.54 Å². The van der Waals surface area contributed by atoms with Crippen molar-refractivity contribution >= 4 is 23.7 Å². The summed E-state index contributed by atoms with van der Waals surface area (Å²) in [4.78, 5) is 47.8. The van der Waals surface area contributed by atoms with Crippen LogP contribution in [-0.2, 0) is 28.1 Å². The van der Waals surface area contributed by atoms with Gasteiger partial charge in [0.25, 0.3) is 5.91 Å². The number of nitrogens with one attached hydrogen (secondary N) is 2. The molecule has 4 aliphatic rings. The van der Waals surface area contributed by atoms with Gasteiger partial charge in [-0.2, -0.15) is 0 Å². The summed E-state index contributed by atoms with van der Waals surface area (Å²) >= 11 is 0. The van der Waals surface area contributed by atoms with Gasteiger partial charge < -0.3 is 15.5 Å². The largest absolute Gasteiger partial charge is 0.368 e. The van der Waals surface area contributed by atoms with Crippen molar-refractivity contribution in [2.24, 2.45) is 10.9 Å². The molecule has 6 rings (SSSR count). The highest BCUT2D eigenvalue weighted by molar-refractivity contribution is 6.10. The number of fused-ring (bicyclic) bond motifs is 2. The maximum Gasteiger partial charge on any atom is 0.325 e. The third-order valence-electron chi connectivity index (χ3n) is 8.06. The third kappa shape index (κ3) is 3.85. The maximum absolute atomic E-state index is 13.7. The number of nitrogens with zero attached hydrogens (tertiary/aromatic N) is 3. The highest BCUT2D eigenvalue weighted by atomic mass is 16.2. The lowest BCUT2D eigenvalue weighted by Gasteiger charge is -2.31.